The highest BCUT2D eigenvalue weighted by Crippen LogP contribution is 2.27. The van der Waals surface area contributed by atoms with Gasteiger partial charge in [0.05, 0.1) is 6.61 Å². The molecular weight excluding hydrogens is 294 g/mol. The van der Waals surface area contributed by atoms with Gasteiger partial charge in [0.25, 0.3) is 10.2 Å². The molecule has 0 aliphatic carbocycles. The van der Waals surface area contributed by atoms with E-state index in [0.717, 1.165) is 12.8 Å². The van der Waals surface area contributed by atoms with Crippen molar-refractivity contribution in [3.8, 4) is 0 Å². The minimum Gasteiger partial charge on any atom is -0.465 e. The Morgan fingerprint density at radius 2 is 1.90 bits per heavy atom. The summed E-state index contributed by atoms with van der Waals surface area (Å²) >= 11 is 0. The van der Waals surface area contributed by atoms with Crippen molar-refractivity contribution >= 4 is 16.2 Å². The number of hydrogen-bond donors (Lipinski definition) is 1. The Morgan fingerprint density at radius 3 is 2.48 bits per heavy atom. The maximum Gasteiger partial charge on any atom is 0.324 e. The quantitative estimate of drug-likeness (QED) is 0.716. The zero-order chi connectivity index (χ0) is 15.5. The van der Waals surface area contributed by atoms with E-state index in [0.29, 0.717) is 44.9 Å². The summed E-state index contributed by atoms with van der Waals surface area (Å²) in [5.41, 5.74) is 5.64. The van der Waals surface area contributed by atoms with Crippen LogP contribution < -0.4 is 5.73 Å². The van der Waals surface area contributed by atoms with Gasteiger partial charge < -0.3 is 10.5 Å². The first-order valence-electron chi connectivity index (χ1n) is 7.64. The van der Waals surface area contributed by atoms with Crippen LogP contribution in [0, 0.1) is 5.92 Å². The molecule has 0 spiro atoms. The third-order valence-corrected chi connectivity index (χ3v) is 6.34. The third kappa shape index (κ3) is 3.56. The second-order valence-electron chi connectivity index (χ2n) is 5.61. The molecule has 0 saturated carbocycles. The summed E-state index contributed by atoms with van der Waals surface area (Å²) in [7, 11) is -3.58. The molecule has 0 amide bonds. The molecule has 0 aromatic heterocycles. The summed E-state index contributed by atoms with van der Waals surface area (Å²) in [6, 6.07) is -0.665. The average Bonchev–Trinajstić information content (AvgIpc) is 2.98. The summed E-state index contributed by atoms with van der Waals surface area (Å²) in [6.07, 6.45) is 2.81. The van der Waals surface area contributed by atoms with Gasteiger partial charge in [-0.25, -0.2) is 0 Å². The lowest BCUT2D eigenvalue weighted by Gasteiger charge is -2.34. The summed E-state index contributed by atoms with van der Waals surface area (Å²) in [4.78, 5) is 11.9. The number of ether oxygens (including phenoxy) is 1. The second kappa shape index (κ2) is 7.04. The van der Waals surface area contributed by atoms with Crippen molar-refractivity contribution in [1.29, 1.82) is 0 Å². The predicted molar refractivity (Wildman–Crippen MR) is 78.6 cm³/mol. The third-order valence-electron chi connectivity index (χ3n) is 4.29. The zero-order valence-electron chi connectivity index (χ0n) is 12.5. The number of carbonyl (C=O) groups excluding carboxylic acids is 1. The summed E-state index contributed by atoms with van der Waals surface area (Å²) in [5.74, 6) is -0.0358. The van der Waals surface area contributed by atoms with E-state index < -0.39 is 22.2 Å². The van der Waals surface area contributed by atoms with E-state index in [1.807, 2.05) is 0 Å². The lowest BCUT2D eigenvalue weighted by Crippen LogP contribution is -2.51. The Labute approximate surface area is 126 Å². The van der Waals surface area contributed by atoms with E-state index in [2.05, 4.69) is 0 Å². The van der Waals surface area contributed by atoms with Gasteiger partial charge in [0.1, 0.15) is 6.04 Å². The van der Waals surface area contributed by atoms with Crippen LogP contribution in [0.2, 0.25) is 0 Å². The van der Waals surface area contributed by atoms with Crippen LogP contribution in [0.5, 0.6) is 0 Å². The van der Waals surface area contributed by atoms with Gasteiger partial charge in [-0.1, -0.05) is 0 Å². The largest absolute Gasteiger partial charge is 0.465 e. The predicted octanol–water partition coefficient (Wildman–Crippen LogP) is -0.0706. The number of carbonyl (C=O) groups is 1. The number of esters is 1. The van der Waals surface area contributed by atoms with E-state index >= 15 is 0 Å². The van der Waals surface area contributed by atoms with Crippen LogP contribution in [0.4, 0.5) is 0 Å². The molecule has 0 aromatic carbocycles. The molecule has 21 heavy (non-hydrogen) atoms. The van der Waals surface area contributed by atoms with Crippen LogP contribution in [0.3, 0.4) is 0 Å². The number of rotatable bonds is 5. The number of nitrogens with two attached hydrogens (primary N) is 1. The molecule has 0 radical (unpaired) electrons. The molecule has 1 unspecified atom stereocenters. The molecule has 2 saturated heterocycles. The van der Waals surface area contributed by atoms with E-state index in [1.165, 1.54) is 8.61 Å². The number of nitrogens with zero attached hydrogens (tertiary/aromatic N) is 2. The topological polar surface area (TPSA) is 92.9 Å². The normalized spacial score (nSPS) is 26.1. The van der Waals surface area contributed by atoms with Crippen LogP contribution >= 0.6 is 0 Å². The summed E-state index contributed by atoms with van der Waals surface area (Å²) < 4.78 is 33.2. The molecule has 2 fully saturated rings. The Balaban J connectivity index is 2.06. The van der Waals surface area contributed by atoms with Gasteiger partial charge in [-0.05, 0) is 45.1 Å². The Morgan fingerprint density at radius 1 is 1.24 bits per heavy atom. The van der Waals surface area contributed by atoms with Crippen LogP contribution in [-0.2, 0) is 19.7 Å². The highest BCUT2D eigenvalue weighted by atomic mass is 32.2. The molecule has 0 aromatic rings. The van der Waals surface area contributed by atoms with E-state index in [4.69, 9.17) is 10.5 Å². The van der Waals surface area contributed by atoms with Crippen molar-refractivity contribution in [2.24, 2.45) is 11.7 Å². The van der Waals surface area contributed by atoms with Gasteiger partial charge in [-0.15, -0.1) is 0 Å². The number of piperidine rings is 1. The van der Waals surface area contributed by atoms with Gasteiger partial charge >= 0.3 is 5.97 Å². The summed E-state index contributed by atoms with van der Waals surface area (Å²) in [5, 5.41) is 0. The van der Waals surface area contributed by atoms with Crippen LogP contribution in [0.1, 0.15) is 32.6 Å². The van der Waals surface area contributed by atoms with Crippen LogP contribution in [0.15, 0.2) is 0 Å². The minimum atomic E-state index is -3.58. The van der Waals surface area contributed by atoms with Crippen molar-refractivity contribution < 1.29 is 17.9 Å². The van der Waals surface area contributed by atoms with Gasteiger partial charge in [0.2, 0.25) is 0 Å². The highest BCUT2D eigenvalue weighted by Gasteiger charge is 2.43. The van der Waals surface area contributed by atoms with Crippen molar-refractivity contribution in [3.63, 3.8) is 0 Å². The molecule has 8 heteroatoms. The number of hydrogen-bond acceptors (Lipinski definition) is 5. The molecular formula is C13H25N3O4S. The molecule has 2 N–H and O–H groups in total. The molecule has 1 atom stereocenters. The first kappa shape index (κ1) is 16.7. The monoisotopic (exact) mass is 319 g/mol. The lowest BCUT2D eigenvalue weighted by molar-refractivity contribution is -0.146. The van der Waals surface area contributed by atoms with Gasteiger partial charge in [-0.3, -0.25) is 4.79 Å². The Hall–Kier alpha value is -0.700. The molecule has 2 aliphatic heterocycles. The fourth-order valence-corrected chi connectivity index (χ4v) is 4.86. The highest BCUT2D eigenvalue weighted by molar-refractivity contribution is 7.86. The molecule has 2 rings (SSSR count). The smallest absolute Gasteiger partial charge is 0.324 e. The molecule has 2 heterocycles. The standard InChI is InChI=1S/C13H25N3O4S/c1-2-20-13(17)12-4-3-7-16(12)21(18,19)15-8-5-11(10-14)6-9-15/h11-12H,2-10,14H2,1H3. The molecule has 2 aliphatic rings. The van der Waals surface area contributed by atoms with Crippen molar-refractivity contribution in [2.45, 2.75) is 38.6 Å². The Kier molecular flexibility index (Phi) is 5.59. The maximum atomic E-state index is 12.7. The van der Waals surface area contributed by atoms with E-state index in [-0.39, 0.29) is 6.61 Å². The second-order valence-corrected chi connectivity index (χ2v) is 7.49. The SMILES string of the molecule is CCOC(=O)C1CCCN1S(=O)(=O)N1CCC(CN)CC1. The Bertz CT molecular complexity index is 460. The van der Waals surface area contributed by atoms with Crippen LogP contribution in [-0.4, -0.2) is 61.8 Å². The van der Waals surface area contributed by atoms with E-state index in [1.54, 1.807) is 6.92 Å². The average molecular weight is 319 g/mol. The fraction of sp³-hybridized carbons (Fsp3) is 0.923. The first-order valence-corrected chi connectivity index (χ1v) is 9.04. The summed E-state index contributed by atoms with van der Waals surface area (Å²) in [6.45, 7) is 3.95. The van der Waals surface area contributed by atoms with Crippen molar-refractivity contribution in [3.05, 3.63) is 0 Å². The van der Waals surface area contributed by atoms with E-state index in [9.17, 15) is 13.2 Å². The molecule has 122 valence electrons. The first-order chi connectivity index (χ1) is 10.0. The lowest BCUT2D eigenvalue weighted by atomic mass is 9.99. The maximum absolute atomic E-state index is 12.7. The fourth-order valence-electron chi connectivity index (χ4n) is 3.01. The van der Waals surface area contributed by atoms with Crippen molar-refractivity contribution in [1.82, 2.24) is 8.61 Å². The minimum absolute atomic E-state index is 0.269. The van der Waals surface area contributed by atoms with Crippen molar-refractivity contribution in [2.75, 3.05) is 32.8 Å². The molecule has 7 nitrogen and oxygen atoms in total. The van der Waals surface area contributed by atoms with Crippen LogP contribution in [0.25, 0.3) is 0 Å². The van der Waals surface area contributed by atoms with Gasteiger partial charge in [-0.2, -0.15) is 17.0 Å². The van der Waals surface area contributed by atoms with Gasteiger partial charge in [0.15, 0.2) is 0 Å². The zero-order valence-corrected chi connectivity index (χ0v) is 13.3. The molecule has 0 bridgehead atoms. The van der Waals surface area contributed by atoms with Gasteiger partial charge in [0, 0.05) is 19.6 Å².